The third kappa shape index (κ3) is 5.71. The Balaban J connectivity index is 1.47. The van der Waals surface area contributed by atoms with Crippen molar-refractivity contribution >= 4 is 23.5 Å². The Labute approximate surface area is 165 Å². The van der Waals surface area contributed by atoms with Gasteiger partial charge < -0.3 is 10.1 Å². The number of amides is 1. The molecule has 0 fully saturated rings. The Bertz CT molecular complexity index is 951. The zero-order chi connectivity index (χ0) is 19.8. The molecule has 0 aliphatic rings. The molecule has 2 N–H and O–H groups in total. The van der Waals surface area contributed by atoms with Gasteiger partial charge in [-0.05, 0) is 79.1 Å². The van der Waals surface area contributed by atoms with E-state index in [2.05, 4.69) is 15.8 Å². The van der Waals surface area contributed by atoms with Gasteiger partial charge >= 0.3 is 0 Å². The summed E-state index contributed by atoms with van der Waals surface area (Å²) in [6, 6.07) is 22.9. The lowest BCUT2D eigenvalue weighted by Crippen LogP contribution is -2.20. The summed E-state index contributed by atoms with van der Waals surface area (Å²) in [4.78, 5) is 12.1. The van der Waals surface area contributed by atoms with Crippen molar-refractivity contribution in [3.8, 4) is 5.75 Å². The molecule has 0 saturated heterocycles. The van der Waals surface area contributed by atoms with Crippen LogP contribution in [0.3, 0.4) is 0 Å². The summed E-state index contributed by atoms with van der Waals surface area (Å²) >= 11 is 0. The maximum atomic E-state index is 12.1. The molecule has 3 aromatic rings. The first-order valence-electron chi connectivity index (χ1n) is 9.04. The molecule has 0 spiro atoms. The fourth-order valence-electron chi connectivity index (χ4n) is 2.51. The van der Waals surface area contributed by atoms with Crippen molar-refractivity contribution in [3.63, 3.8) is 0 Å². The first-order chi connectivity index (χ1) is 13.6. The van der Waals surface area contributed by atoms with E-state index in [1.54, 1.807) is 6.21 Å². The van der Waals surface area contributed by atoms with Crippen molar-refractivity contribution in [1.29, 1.82) is 0 Å². The van der Waals surface area contributed by atoms with Crippen LogP contribution in [0.4, 0.5) is 11.4 Å². The van der Waals surface area contributed by atoms with Crippen molar-refractivity contribution in [1.82, 2.24) is 0 Å². The number of hydrogen-bond acceptors (Lipinski definition) is 4. The standard InChI is InChI=1S/C23H23N3O2/c1-17-8-11-21(14-18(17)2)25-23(27)16-28-22-12-9-19(10-13-22)15-24-26-20-6-4-3-5-7-20/h3-15,26H,16H2,1-2H3,(H,25,27)/b24-15+. The molecule has 3 rings (SSSR count). The maximum Gasteiger partial charge on any atom is 0.262 e. The monoisotopic (exact) mass is 373 g/mol. The molecule has 28 heavy (non-hydrogen) atoms. The van der Waals surface area contributed by atoms with E-state index in [1.165, 1.54) is 5.56 Å². The highest BCUT2D eigenvalue weighted by molar-refractivity contribution is 5.92. The molecule has 0 bridgehead atoms. The molecule has 0 saturated carbocycles. The predicted octanol–water partition coefficient (Wildman–Crippen LogP) is 4.77. The van der Waals surface area contributed by atoms with Crippen molar-refractivity contribution < 1.29 is 9.53 Å². The minimum Gasteiger partial charge on any atom is -0.484 e. The quantitative estimate of drug-likeness (QED) is 0.463. The molecular weight excluding hydrogens is 350 g/mol. The van der Waals surface area contributed by atoms with Crippen LogP contribution < -0.4 is 15.5 Å². The average molecular weight is 373 g/mol. The Morgan fingerprint density at radius 2 is 1.68 bits per heavy atom. The van der Waals surface area contributed by atoms with Gasteiger partial charge in [0.1, 0.15) is 5.75 Å². The van der Waals surface area contributed by atoms with Crippen LogP contribution in [0, 0.1) is 13.8 Å². The van der Waals surface area contributed by atoms with E-state index in [0.717, 1.165) is 22.5 Å². The van der Waals surface area contributed by atoms with Crippen LogP contribution in [0.25, 0.3) is 0 Å². The number of aryl methyl sites for hydroxylation is 2. The SMILES string of the molecule is Cc1ccc(NC(=O)COc2ccc(/C=N/Nc3ccccc3)cc2)cc1C. The number of para-hydroxylation sites is 1. The van der Waals surface area contributed by atoms with Gasteiger partial charge in [0.2, 0.25) is 0 Å². The molecule has 0 radical (unpaired) electrons. The summed E-state index contributed by atoms with van der Waals surface area (Å²) in [5.41, 5.74) is 7.92. The summed E-state index contributed by atoms with van der Waals surface area (Å²) in [6.07, 6.45) is 1.73. The minimum absolute atomic E-state index is 0.0457. The van der Waals surface area contributed by atoms with E-state index in [1.807, 2.05) is 86.6 Å². The van der Waals surface area contributed by atoms with Crippen LogP contribution in [-0.2, 0) is 4.79 Å². The topological polar surface area (TPSA) is 62.7 Å². The third-order valence-electron chi connectivity index (χ3n) is 4.22. The normalized spacial score (nSPS) is 10.6. The van der Waals surface area contributed by atoms with E-state index >= 15 is 0 Å². The molecule has 0 aliphatic carbocycles. The molecule has 5 heteroatoms. The number of hydrogen-bond donors (Lipinski definition) is 2. The van der Waals surface area contributed by atoms with Crippen molar-refractivity contribution in [2.24, 2.45) is 5.10 Å². The number of benzene rings is 3. The van der Waals surface area contributed by atoms with Crippen LogP contribution in [0.1, 0.15) is 16.7 Å². The van der Waals surface area contributed by atoms with Crippen LogP contribution in [-0.4, -0.2) is 18.7 Å². The number of carbonyl (C=O) groups is 1. The largest absolute Gasteiger partial charge is 0.484 e. The summed E-state index contributed by atoms with van der Waals surface area (Å²) < 4.78 is 5.55. The van der Waals surface area contributed by atoms with Crippen molar-refractivity contribution in [3.05, 3.63) is 89.5 Å². The number of ether oxygens (including phenoxy) is 1. The fraction of sp³-hybridized carbons (Fsp3) is 0.130. The zero-order valence-electron chi connectivity index (χ0n) is 16.0. The van der Waals surface area contributed by atoms with E-state index in [-0.39, 0.29) is 12.5 Å². The van der Waals surface area contributed by atoms with Gasteiger partial charge in [-0.3, -0.25) is 10.2 Å². The highest BCUT2D eigenvalue weighted by atomic mass is 16.5. The summed E-state index contributed by atoms with van der Waals surface area (Å²) in [5.74, 6) is 0.435. The zero-order valence-corrected chi connectivity index (χ0v) is 16.0. The predicted molar refractivity (Wildman–Crippen MR) is 114 cm³/mol. The maximum absolute atomic E-state index is 12.1. The molecular formula is C23H23N3O2. The first-order valence-corrected chi connectivity index (χ1v) is 9.04. The molecule has 142 valence electrons. The third-order valence-corrected chi connectivity index (χ3v) is 4.22. The summed E-state index contributed by atoms with van der Waals surface area (Å²) in [7, 11) is 0. The number of anilines is 2. The van der Waals surface area contributed by atoms with Gasteiger partial charge in [0.15, 0.2) is 6.61 Å². The Hall–Kier alpha value is -3.60. The molecule has 0 unspecified atom stereocenters. The molecule has 0 aromatic heterocycles. The molecule has 1 amide bonds. The molecule has 0 atom stereocenters. The van der Waals surface area contributed by atoms with Gasteiger partial charge in [-0.15, -0.1) is 0 Å². The van der Waals surface area contributed by atoms with Crippen LogP contribution in [0.5, 0.6) is 5.75 Å². The van der Waals surface area contributed by atoms with Gasteiger partial charge in [-0.25, -0.2) is 0 Å². The lowest BCUT2D eigenvalue weighted by Gasteiger charge is -2.09. The summed E-state index contributed by atoms with van der Waals surface area (Å²) in [5, 5.41) is 7.04. The fourth-order valence-corrected chi connectivity index (χ4v) is 2.51. The van der Waals surface area contributed by atoms with Gasteiger partial charge in [0.05, 0.1) is 11.9 Å². The van der Waals surface area contributed by atoms with E-state index in [9.17, 15) is 4.79 Å². The first kappa shape index (κ1) is 19.2. The molecule has 3 aromatic carbocycles. The second-order valence-electron chi connectivity index (χ2n) is 6.44. The lowest BCUT2D eigenvalue weighted by molar-refractivity contribution is -0.118. The second-order valence-corrected chi connectivity index (χ2v) is 6.44. The van der Waals surface area contributed by atoms with Gasteiger partial charge in [0, 0.05) is 5.69 Å². The van der Waals surface area contributed by atoms with Crippen LogP contribution in [0.15, 0.2) is 77.9 Å². The number of rotatable bonds is 7. The van der Waals surface area contributed by atoms with Crippen LogP contribution in [0.2, 0.25) is 0 Å². The minimum atomic E-state index is -0.194. The highest BCUT2D eigenvalue weighted by Crippen LogP contribution is 2.15. The molecule has 0 heterocycles. The number of nitrogens with zero attached hydrogens (tertiary/aromatic N) is 1. The summed E-state index contributed by atoms with van der Waals surface area (Å²) in [6.45, 7) is 4.01. The molecule has 5 nitrogen and oxygen atoms in total. The number of carbonyl (C=O) groups excluding carboxylic acids is 1. The Morgan fingerprint density at radius 1 is 0.929 bits per heavy atom. The van der Waals surface area contributed by atoms with Gasteiger partial charge in [-0.1, -0.05) is 24.3 Å². The van der Waals surface area contributed by atoms with Gasteiger partial charge in [-0.2, -0.15) is 5.10 Å². The number of hydrazone groups is 1. The Morgan fingerprint density at radius 3 is 2.39 bits per heavy atom. The van der Waals surface area contributed by atoms with Crippen molar-refractivity contribution in [2.75, 3.05) is 17.3 Å². The van der Waals surface area contributed by atoms with E-state index < -0.39 is 0 Å². The lowest BCUT2D eigenvalue weighted by atomic mass is 10.1. The van der Waals surface area contributed by atoms with Gasteiger partial charge in [0.25, 0.3) is 5.91 Å². The number of nitrogens with one attached hydrogen (secondary N) is 2. The van der Waals surface area contributed by atoms with E-state index in [4.69, 9.17) is 4.74 Å². The average Bonchev–Trinajstić information content (AvgIpc) is 2.71. The molecule has 0 aliphatic heterocycles. The van der Waals surface area contributed by atoms with E-state index in [0.29, 0.717) is 5.75 Å². The van der Waals surface area contributed by atoms with Crippen LogP contribution >= 0.6 is 0 Å². The van der Waals surface area contributed by atoms with Crippen molar-refractivity contribution in [2.45, 2.75) is 13.8 Å². The second kappa shape index (κ2) is 9.37. The smallest absolute Gasteiger partial charge is 0.262 e. The Kier molecular flexibility index (Phi) is 6.41. The highest BCUT2D eigenvalue weighted by Gasteiger charge is 2.05.